The van der Waals surface area contributed by atoms with E-state index >= 15 is 0 Å². The third kappa shape index (κ3) is 1.98. The number of hydrogen-bond acceptors (Lipinski definition) is 0. The van der Waals surface area contributed by atoms with Crippen molar-refractivity contribution in [1.82, 2.24) is 0 Å². The van der Waals surface area contributed by atoms with Crippen molar-refractivity contribution in [2.75, 3.05) is 0 Å². The first-order chi connectivity index (χ1) is 8.00. The lowest BCUT2D eigenvalue weighted by Gasteiger charge is -2.01. The molecule has 0 aliphatic heterocycles. The molecule has 0 amide bonds. The lowest BCUT2D eigenvalue weighted by molar-refractivity contribution is -0.601. The third-order valence-electron chi connectivity index (χ3n) is 2.04. The molecular weight excluding hydrogens is 241 g/mol. The molecule has 1 aromatic heterocycles. The van der Waals surface area contributed by atoms with Crippen LogP contribution in [-0.2, 0) is 0 Å². The minimum absolute atomic E-state index is 0.611. The predicted molar refractivity (Wildman–Crippen MR) is 46.6 cm³/mol. The fourth-order valence-corrected chi connectivity index (χ4v) is 1.32. The standard InChI is InChI=1S/C11H4F5N/c12-6-2-1-3-17(5-6)11-9(15)7(13)4-8(14)10(11)16/h1-3,5H/q+1. The van der Waals surface area contributed by atoms with E-state index in [9.17, 15) is 22.0 Å². The van der Waals surface area contributed by atoms with Crippen LogP contribution < -0.4 is 4.57 Å². The highest BCUT2D eigenvalue weighted by Crippen LogP contribution is 2.18. The van der Waals surface area contributed by atoms with Gasteiger partial charge in [0, 0.05) is 6.07 Å². The smallest absolute Gasteiger partial charge is 0.203 e. The summed E-state index contributed by atoms with van der Waals surface area (Å²) < 4.78 is 65.8. The number of benzene rings is 1. The maximum atomic E-state index is 13.3. The summed E-state index contributed by atoms with van der Waals surface area (Å²) in [6.45, 7) is 0. The highest BCUT2D eigenvalue weighted by molar-refractivity contribution is 5.28. The zero-order valence-electron chi connectivity index (χ0n) is 8.15. The van der Waals surface area contributed by atoms with Crippen LogP contribution >= 0.6 is 0 Å². The number of nitrogens with zero attached hydrogens (tertiary/aromatic N) is 1. The molecule has 0 fully saturated rings. The van der Waals surface area contributed by atoms with E-state index in [1.54, 1.807) is 0 Å². The molecule has 1 aromatic carbocycles. The van der Waals surface area contributed by atoms with Gasteiger partial charge in [-0.05, 0) is 6.07 Å². The topological polar surface area (TPSA) is 3.88 Å². The van der Waals surface area contributed by atoms with Crippen molar-refractivity contribution in [3.8, 4) is 5.69 Å². The molecule has 1 radical (unpaired) electrons. The number of aromatic nitrogens is 1. The van der Waals surface area contributed by atoms with Gasteiger partial charge in [-0.15, -0.1) is 0 Å². The molecule has 0 aliphatic carbocycles. The summed E-state index contributed by atoms with van der Waals surface area (Å²) in [5.74, 6) is -7.43. The van der Waals surface area contributed by atoms with Crippen molar-refractivity contribution in [1.29, 1.82) is 0 Å². The van der Waals surface area contributed by atoms with Gasteiger partial charge in [-0.25, -0.2) is 13.2 Å². The zero-order chi connectivity index (χ0) is 12.6. The van der Waals surface area contributed by atoms with Gasteiger partial charge in [0.15, 0.2) is 23.6 Å². The van der Waals surface area contributed by atoms with Gasteiger partial charge in [-0.3, -0.25) is 0 Å². The number of hydrogen-bond donors (Lipinski definition) is 0. The maximum Gasteiger partial charge on any atom is 0.288 e. The number of pyridine rings is 1. The van der Waals surface area contributed by atoms with Gasteiger partial charge in [0.25, 0.3) is 5.69 Å². The Morgan fingerprint density at radius 3 is 2.06 bits per heavy atom. The van der Waals surface area contributed by atoms with Gasteiger partial charge in [0.1, 0.15) is 0 Å². The average Bonchev–Trinajstić information content (AvgIpc) is 2.27. The van der Waals surface area contributed by atoms with Crippen LogP contribution in [-0.4, -0.2) is 0 Å². The predicted octanol–water partition coefficient (Wildman–Crippen LogP) is 2.46. The molecule has 0 saturated heterocycles. The molecule has 0 aliphatic rings. The fraction of sp³-hybridized carbons (Fsp3) is 0. The second-order valence-electron chi connectivity index (χ2n) is 3.16. The third-order valence-corrected chi connectivity index (χ3v) is 2.04. The average molecular weight is 245 g/mol. The molecule has 0 spiro atoms. The van der Waals surface area contributed by atoms with Crippen molar-refractivity contribution in [2.24, 2.45) is 0 Å². The van der Waals surface area contributed by atoms with Crippen molar-refractivity contribution in [3.05, 3.63) is 59.7 Å². The molecule has 0 saturated carbocycles. The summed E-state index contributed by atoms with van der Waals surface area (Å²) in [5.41, 5.74) is -1.03. The van der Waals surface area contributed by atoms with Gasteiger partial charge >= 0.3 is 0 Å². The summed E-state index contributed by atoms with van der Waals surface area (Å²) in [6.07, 6.45) is 1.75. The molecular formula is C11H4F5N+. The van der Waals surface area contributed by atoms with Crippen molar-refractivity contribution >= 4 is 0 Å². The Morgan fingerprint density at radius 1 is 0.941 bits per heavy atom. The van der Waals surface area contributed by atoms with Crippen molar-refractivity contribution < 1.29 is 26.5 Å². The summed E-state index contributed by atoms with van der Waals surface area (Å²) in [6, 6.07) is 3.40. The van der Waals surface area contributed by atoms with Gasteiger partial charge < -0.3 is 0 Å². The second kappa shape index (κ2) is 4.12. The lowest BCUT2D eigenvalue weighted by atomic mass is 10.2. The molecule has 2 aromatic rings. The minimum Gasteiger partial charge on any atom is -0.203 e. The van der Waals surface area contributed by atoms with Gasteiger partial charge in [0.2, 0.25) is 17.8 Å². The minimum atomic E-state index is -1.67. The van der Waals surface area contributed by atoms with E-state index in [1.807, 2.05) is 0 Å². The quantitative estimate of drug-likeness (QED) is 0.413. The summed E-state index contributed by atoms with van der Waals surface area (Å²) >= 11 is 0. The van der Waals surface area contributed by atoms with Crippen LogP contribution in [0.5, 0.6) is 0 Å². The zero-order valence-corrected chi connectivity index (χ0v) is 8.15. The van der Waals surface area contributed by atoms with E-state index in [0.717, 1.165) is 18.3 Å². The normalized spacial score (nSPS) is 10.6. The van der Waals surface area contributed by atoms with Crippen LogP contribution in [0.3, 0.4) is 0 Å². The molecule has 17 heavy (non-hydrogen) atoms. The van der Waals surface area contributed by atoms with E-state index in [2.05, 4.69) is 0 Å². The molecule has 1 nitrogen and oxygen atoms in total. The number of halogens is 5. The highest BCUT2D eigenvalue weighted by Gasteiger charge is 2.27. The van der Waals surface area contributed by atoms with Crippen molar-refractivity contribution in [2.45, 2.75) is 0 Å². The van der Waals surface area contributed by atoms with Crippen LogP contribution in [0, 0.1) is 35.2 Å². The van der Waals surface area contributed by atoms with Gasteiger partial charge in [0.05, 0.1) is 6.07 Å². The monoisotopic (exact) mass is 245 g/mol. The van der Waals surface area contributed by atoms with Crippen LogP contribution in [0.2, 0.25) is 0 Å². The lowest BCUT2D eigenvalue weighted by Crippen LogP contribution is -2.34. The Morgan fingerprint density at radius 2 is 1.53 bits per heavy atom. The fourth-order valence-electron chi connectivity index (χ4n) is 1.32. The van der Waals surface area contributed by atoms with Crippen LogP contribution in [0.15, 0.2) is 24.5 Å². The van der Waals surface area contributed by atoms with Crippen LogP contribution in [0.1, 0.15) is 0 Å². The van der Waals surface area contributed by atoms with E-state index in [-0.39, 0.29) is 0 Å². The summed E-state index contributed by atoms with van der Waals surface area (Å²) in [4.78, 5) is 0. The van der Waals surface area contributed by atoms with E-state index in [4.69, 9.17) is 0 Å². The van der Waals surface area contributed by atoms with Crippen LogP contribution in [0.4, 0.5) is 22.0 Å². The highest BCUT2D eigenvalue weighted by atomic mass is 19.2. The Balaban J connectivity index is 2.75. The molecule has 0 bridgehead atoms. The molecule has 2 rings (SSSR count). The molecule has 87 valence electrons. The number of rotatable bonds is 1. The van der Waals surface area contributed by atoms with E-state index in [0.29, 0.717) is 10.8 Å². The Hall–Kier alpha value is -1.98. The van der Waals surface area contributed by atoms with Gasteiger partial charge in [-0.2, -0.15) is 13.3 Å². The molecule has 0 unspecified atom stereocenters. The Kier molecular flexibility index (Phi) is 2.79. The second-order valence-corrected chi connectivity index (χ2v) is 3.16. The molecule has 1 heterocycles. The van der Waals surface area contributed by atoms with E-state index in [1.165, 1.54) is 6.07 Å². The van der Waals surface area contributed by atoms with E-state index < -0.39 is 34.8 Å². The molecule has 0 N–H and O–H groups in total. The first-order valence-electron chi connectivity index (χ1n) is 4.43. The Bertz CT molecular complexity index is 556. The van der Waals surface area contributed by atoms with Gasteiger partial charge in [-0.1, -0.05) is 0 Å². The maximum absolute atomic E-state index is 13.3. The summed E-state index contributed by atoms with van der Waals surface area (Å²) in [7, 11) is 0. The summed E-state index contributed by atoms with van der Waals surface area (Å²) in [5, 5.41) is 0. The van der Waals surface area contributed by atoms with Crippen LogP contribution in [0.25, 0.3) is 5.69 Å². The first kappa shape index (κ1) is 11.5. The SMILES string of the molecule is Fc1ccc[n+](-c2c(F)c(F)[c]c(F)c2F)c1. The molecule has 0 atom stereocenters. The van der Waals surface area contributed by atoms with Crippen molar-refractivity contribution in [3.63, 3.8) is 0 Å². The molecule has 6 heteroatoms. The Labute approximate surface area is 92.7 Å². The first-order valence-corrected chi connectivity index (χ1v) is 4.43. The largest absolute Gasteiger partial charge is 0.288 e.